The Bertz CT molecular complexity index is 1970. The molecule has 2 fully saturated rings. The third-order valence-corrected chi connectivity index (χ3v) is 16.2. The van der Waals surface area contributed by atoms with Gasteiger partial charge in [0.1, 0.15) is 35.9 Å². The van der Waals surface area contributed by atoms with E-state index in [-0.39, 0.29) is 129 Å². The van der Waals surface area contributed by atoms with Gasteiger partial charge >= 0.3 is 23.9 Å². The van der Waals surface area contributed by atoms with Crippen molar-refractivity contribution in [2.24, 2.45) is 21.7 Å². The Kier molecular flexibility index (Phi) is 69.0. The zero-order valence-corrected chi connectivity index (χ0v) is 60.9. The quantitative estimate of drug-likeness (QED) is 0.0379. The molecule has 0 radical (unpaired) electrons. The molecule has 2 aromatic rings. The molecule has 2 saturated carbocycles. The van der Waals surface area contributed by atoms with Crippen molar-refractivity contribution in [1.82, 2.24) is 0 Å². The first-order valence-corrected chi connectivity index (χ1v) is 33.5. The molecule has 4 unspecified atom stereocenters. The number of rotatable bonds is 26. The lowest BCUT2D eigenvalue weighted by Gasteiger charge is -2.27. The highest BCUT2D eigenvalue weighted by molar-refractivity contribution is 5.77. The molecule has 0 bridgehead atoms. The van der Waals surface area contributed by atoms with E-state index in [0.29, 0.717) is 50.5 Å². The minimum Gasteiger partial charge on any atom is -0.465 e. The van der Waals surface area contributed by atoms with Crippen LogP contribution in [-0.2, 0) is 57.1 Å². The molecule has 576 valence electrons. The van der Waals surface area contributed by atoms with Gasteiger partial charge in [0.25, 0.3) is 0 Å². The van der Waals surface area contributed by atoms with Gasteiger partial charge in [0.15, 0.2) is 12.6 Å². The van der Waals surface area contributed by atoms with E-state index in [9.17, 15) is 19.2 Å². The van der Waals surface area contributed by atoms with Crippen molar-refractivity contribution in [3.05, 3.63) is 59.7 Å². The van der Waals surface area contributed by atoms with Crippen molar-refractivity contribution in [1.29, 1.82) is 0 Å². The molecule has 0 heterocycles. The van der Waals surface area contributed by atoms with E-state index in [4.69, 9.17) is 47.4 Å². The third kappa shape index (κ3) is 52.8. The van der Waals surface area contributed by atoms with Gasteiger partial charge in [-0.15, -0.1) is 0 Å². The van der Waals surface area contributed by atoms with Crippen molar-refractivity contribution in [2.75, 3.05) is 40.6 Å². The van der Waals surface area contributed by atoms with Gasteiger partial charge in [-0.1, -0.05) is 178 Å². The number of benzene rings is 2. The monoisotopic (exact) mass is 1370 g/mol. The Morgan fingerprint density at radius 2 is 0.615 bits per heavy atom. The second-order valence-electron chi connectivity index (χ2n) is 28.1. The number of carbonyl (C=O) groups is 4. The van der Waals surface area contributed by atoms with Crippen LogP contribution in [0.3, 0.4) is 0 Å². The Hall–Kier alpha value is -4.24. The average Bonchev–Trinajstić information content (AvgIpc) is 1.42. The largest absolute Gasteiger partial charge is 0.465 e. The Morgan fingerprint density at radius 3 is 0.823 bits per heavy atom. The van der Waals surface area contributed by atoms with E-state index in [1.54, 1.807) is 14.2 Å². The first-order valence-electron chi connectivity index (χ1n) is 33.5. The van der Waals surface area contributed by atoms with Gasteiger partial charge in [0, 0.05) is 14.2 Å². The number of hydrogen-bond acceptors (Lipinski definition) is 14. The molecule has 96 heavy (non-hydrogen) atoms. The maximum atomic E-state index is 11.5. The van der Waals surface area contributed by atoms with Gasteiger partial charge < -0.3 is 47.4 Å². The molecule has 2 aliphatic rings. The molecule has 0 spiro atoms. The zero-order chi connectivity index (χ0) is 68.0. The summed E-state index contributed by atoms with van der Waals surface area (Å²) in [4.78, 5) is 45.6. The van der Waals surface area contributed by atoms with Crippen LogP contribution < -0.4 is 9.47 Å². The fourth-order valence-electron chi connectivity index (χ4n) is 7.84. The van der Waals surface area contributed by atoms with E-state index in [1.807, 2.05) is 138 Å². The maximum Gasteiger partial charge on any atom is 0.312 e. The van der Waals surface area contributed by atoms with Gasteiger partial charge in [-0.25, -0.2) is 0 Å². The molecule has 0 saturated heterocycles. The third-order valence-electron chi connectivity index (χ3n) is 16.2. The molecule has 2 aromatic carbocycles. The SMILES string of the molecule is C.C.C.C.C.C.C.C.CCC(C)(C)C(=O)OC(C)(C)C.CCC(C)(C)C(=O)OC(C)(C)C.CCC(C)(C)C(=O)OCCOC.CCC(C)(C)C(=O)OCCOC.CCC(C)c1ccc(OC(C)OC2CCCCC2)cc1.CCC(C)c1ccc(OC(C)OC2CCCCC2)cc1. The van der Waals surface area contributed by atoms with Crippen LogP contribution in [0.15, 0.2) is 48.5 Å². The number of methoxy groups -OCH3 is 2. The van der Waals surface area contributed by atoms with Crippen molar-refractivity contribution in [3.63, 3.8) is 0 Å². The smallest absolute Gasteiger partial charge is 0.312 e. The number of ether oxygens (including phenoxy) is 10. The van der Waals surface area contributed by atoms with Crippen molar-refractivity contribution < 1.29 is 66.5 Å². The zero-order valence-electron chi connectivity index (χ0n) is 60.9. The summed E-state index contributed by atoms with van der Waals surface area (Å²) in [5, 5.41) is 0. The lowest BCUT2D eigenvalue weighted by molar-refractivity contribution is -0.166. The summed E-state index contributed by atoms with van der Waals surface area (Å²) in [6, 6.07) is 16.9. The normalized spacial score (nSPS) is 14.2. The molecule has 4 atom stereocenters. The van der Waals surface area contributed by atoms with Crippen LogP contribution in [0.4, 0.5) is 0 Å². The fourth-order valence-corrected chi connectivity index (χ4v) is 7.84. The van der Waals surface area contributed by atoms with Crippen LogP contribution in [0.2, 0.25) is 0 Å². The van der Waals surface area contributed by atoms with Gasteiger partial charge in [-0.2, -0.15) is 0 Å². The standard InChI is InChI=1S/2C18H28O2.2C10H20O2.2C9H18O3.8CH4/c2*1-4-14(2)16-10-12-18(13-11-16)20-15(3)19-17-8-6-5-7-9-17;2*1-7-10(5,6)8(11)12-9(2,3)4;2*1-5-9(2,3)8(10)12-7-6-11-4;;;;;;;;/h2*10-15,17H,4-9H2,1-3H3;2*7H2,1-6H3;2*5-7H2,1-4H3;8*1H4. The molecular weight excluding hydrogens is 1210 g/mol. The number of carbonyl (C=O) groups excluding carboxylic acids is 4. The predicted molar refractivity (Wildman–Crippen MR) is 414 cm³/mol. The van der Waals surface area contributed by atoms with Crippen LogP contribution in [0.25, 0.3) is 0 Å². The average molecular weight is 1370 g/mol. The van der Waals surface area contributed by atoms with Crippen molar-refractivity contribution in [3.8, 4) is 11.5 Å². The Labute approximate surface area is 597 Å². The fraction of sp³-hybridized carbons (Fsp3) is 0.805. The van der Waals surface area contributed by atoms with Crippen LogP contribution in [0.5, 0.6) is 11.5 Å². The van der Waals surface area contributed by atoms with E-state index in [2.05, 4.69) is 76.2 Å². The van der Waals surface area contributed by atoms with Gasteiger partial charge in [-0.05, 0) is 222 Å². The van der Waals surface area contributed by atoms with E-state index >= 15 is 0 Å². The van der Waals surface area contributed by atoms with Crippen LogP contribution >= 0.6 is 0 Å². The highest BCUT2D eigenvalue weighted by atomic mass is 16.7. The van der Waals surface area contributed by atoms with Crippen LogP contribution in [0, 0.1) is 21.7 Å². The van der Waals surface area contributed by atoms with Gasteiger partial charge in [0.05, 0.1) is 47.1 Å². The van der Waals surface area contributed by atoms with Gasteiger partial charge in [0.2, 0.25) is 0 Å². The Balaban J connectivity index is -0.000000116. The molecule has 4 rings (SSSR count). The first kappa shape index (κ1) is 113. The lowest BCUT2D eigenvalue weighted by Crippen LogP contribution is -2.33. The molecule has 14 nitrogen and oxygen atoms in total. The molecule has 0 amide bonds. The summed E-state index contributed by atoms with van der Waals surface area (Å²) in [6.07, 6.45) is 18.6. The van der Waals surface area contributed by atoms with Crippen LogP contribution in [-0.4, -0.2) is 101 Å². The summed E-state index contributed by atoms with van der Waals surface area (Å²) >= 11 is 0. The summed E-state index contributed by atoms with van der Waals surface area (Å²) < 4.78 is 53.6. The highest BCUT2D eigenvalue weighted by Crippen LogP contribution is 2.29. The maximum absolute atomic E-state index is 11.5. The van der Waals surface area contributed by atoms with Crippen LogP contribution in [0.1, 0.15) is 351 Å². The van der Waals surface area contributed by atoms with E-state index in [1.165, 1.54) is 88.2 Å². The van der Waals surface area contributed by atoms with E-state index in [0.717, 1.165) is 37.2 Å². The van der Waals surface area contributed by atoms with E-state index < -0.39 is 0 Å². The predicted octanol–water partition coefficient (Wildman–Crippen LogP) is 24.4. The van der Waals surface area contributed by atoms with Crippen molar-refractivity contribution in [2.45, 2.75) is 376 Å². The minimum atomic E-state index is -0.372. The minimum absolute atomic E-state index is 0. The first-order chi connectivity index (χ1) is 40.8. The second kappa shape index (κ2) is 58.5. The summed E-state index contributed by atoms with van der Waals surface area (Å²) in [6.45, 7) is 48.9. The number of hydrogen-bond donors (Lipinski definition) is 0. The molecule has 0 aromatic heterocycles. The van der Waals surface area contributed by atoms with Gasteiger partial charge in [-0.3, -0.25) is 19.2 Å². The summed E-state index contributed by atoms with van der Waals surface area (Å²) in [7, 11) is 3.16. The summed E-state index contributed by atoms with van der Waals surface area (Å²) in [5.41, 5.74) is 0.566. The van der Waals surface area contributed by atoms with Crippen molar-refractivity contribution >= 4 is 23.9 Å². The highest BCUT2D eigenvalue weighted by Gasteiger charge is 2.32. The molecule has 0 aliphatic heterocycles. The topological polar surface area (TPSA) is 161 Å². The lowest BCUT2D eigenvalue weighted by atomic mass is 9.90. The summed E-state index contributed by atoms with van der Waals surface area (Å²) in [5.74, 6) is 2.50. The second-order valence-corrected chi connectivity index (χ2v) is 28.1. The Morgan fingerprint density at radius 1 is 0.375 bits per heavy atom. The molecular formula is C82H164O14. The molecule has 2 aliphatic carbocycles. The molecule has 14 heteroatoms. The number of esters is 4. The molecule has 0 N–H and O–H groups in total.